The maximum Gasteiger partial charge on any atom is 0.0542 e. The molecule has 0 spiro atoms. The van der Waals surface area contributed by atoms with Crippen molar-refractivity contribution in [3.8, 4) is 39.1 Å². The van der Waals surface area contributed by atoms with E-state index in [2.05, 4.69) is 264 Å². The summed E-state index contributed by atoms with van der Waals surface area (Å²) in [4.78, 5) is 2.44. The third kappa shape index (κ3) is 6.18. The zero-order valence-electron chi connectivity index (χ0n) is 36.1. The van der Waals surface area contributed by atoms with Gasteiger partial charge in [-0.25, -0.2) is 0 Å². The van der Waals surface area contributed by atoms with Gasteiger partial charge in [0, 0.05) is 33.2 Å². The highest BCUT2D eigenvalue weighted by Crippen LogP contribution is 2.48. The summed E-state index contributed by atoms with van der Waals surface area (Å²) >= 11 is 0. The van der Waals surface area contributed by atoms with Crippen LogP contribution < -0.4 is 4.90 Å². The molecule has 0 aliphatic rings. The summed E-state index contributed by atoms with van der Waals surface area (Å²) in [6.07, 6.45) is 0. The van der Waals surface area contributed by atoms with Crippen LogP contribution in [0.1, 0.15) is 0 Å². The van der Waals surface area contributed by atoms with Crippen LogP contribution in [0.25, 0.3) is 104 Å². The molecule has 308 valence electrons. The lowest BCUT2D eigenvalue weighted by molar-refractivity contribution is 1.20. The summed E-state index contributed by atoms with van der Waals surface area (Å²) in [7, 11) is 0. The Morgan fingerprint density at radius 2 is 0.758 bits per heavy atom. The fourth-order valence-corrected chi connectivity index (χ4v) is 10.5. The summed E-state index contributed by atoms with van der Waals surface area (Å²) < 4.78 is 2.44. The van der Waals surface area contributed by atoms with Gasteiger partial charge in [0.2, 0.25) is 0 Å². The second-order valence-corrected chi connectivity index (χ2v) is 17.3. The Kier molecular flexibility index (Phi) is 8.89. The first-order valence-electron chi connectivity index (χ1n) is 22.8. The van der Waals surface area contributed by atoms with E-state index in [0.717, 1.165) is 17.1 Å². The van der Waals surface area contributed by atoms with Gasteiger partial charge in [-0.15, -0.1) is 0 Å². The van der Waals surface area contributed by atoms with Crippen molar-refractivity contribution >= 4 is 82.0 Å². The van der Waals surface area contributed by atoms with Crippen molar-refractivity contribution in [2.75, 3.05) is 4.90 Å². The van der Waals surface area contributed by atoms with Crippen LogP contribution in [0.15, 0.2) is 255 Å². The maximum atomic E-state index is 2.44. The van der Waals surface area contributed by atoms with E-state index in [4.69, 9.17) is 0 Å². The standard InChI is InChI=1S/C64H42N2/c1-3-18-46(19-4-1)63-57-27-12-11-25-54(57)55-38-36-51(42-59(55)64(63)47-20-5-2-6-21-47)65(50-34-32-44(33-35-50)49-31-30-43-16-7-8-22-48(43)40-49)52-37-39-62-58(41-52)56-26-13-14-28-61(56)66(62)60-29-15-23-45-17-9-10-24-53(45)60/h1-42H. The molecule has 66 heavy (non-hydrogen) atoms. The Balaban J connectivity index is 1.06. The molecule has 2 heteroatoms. The molecular weight excluding hydrogens is 797 g/mol. The normalized spacial score (nSPS) is 11.6. The van der Waals surface area contributed by atoms with Gasteiger partial charge in [0.25, 0.3) is 0 Å². The van der Waals surface area contributed by atoms with Crippen molar-refractivity contribution in [3.63, 3.8) is 0 Å². The van der Waals surface area contributed by atoms with Gasteiger partial charge in [-0.3, -0.25) is 0 Å². The van der Waals surface area contributed by atoms with Crippen molar-refractivity contribution in [2.45, 2.75) is 0 Å². The van der Waals surface area contributed by atoms with Crippen LogP contribution in [0.2, 0.25) is 0 Å². The summed E-state index contributed by atoms with van der Waals surface area (Å²) in [5, 5.41) is 12.3. The maximum absolute atomic E-state index is 2.44. The molecule has 0 N–H and O–H groups in total. The van der Waals surface area contributed by atoms with Gasteiger partial charge in [0.1, 0.15) is 0 Å². The molecule has 0 fully saturated rings. The lowest BCUT2D eigenvalue weighted by Gasteiger charge is -2.27. The molecule has 0 aliphatic carbocycles. The second kappa shape index (κ2) is 15.5. The van der Waals surface area contributed by atoms with Gasteiger partial charge in [-0.1, -0.05) is 194 Å². The molecule has 12 aromatic carbocycles. The number of nitrogens with zero attached hydrogens (tertiary/aromatic N) is 2. The van der Waals surface area contributed by atoms with Crippen LogP contribution in [0.3, 0.4) is 0 Å². The van der Waals surface area contributed by atoms with Crippen LogP contribution in [-0.4, -0.2) is 4.57 Å². The minimum Gasteiger partial charge on any atom is -0.310 e. The first-order valence-corrected chi connectivity index (χ1v) is 22.8. The molecule has 0 saturated carbocycles. The molecule has 1 aromatic heterocycles. The largest absolute Gasteiger partial charge is 0.310 e. The number of para-hydroxylation sites is 1. The number of hydrogen-bond acceptors (Lipinski definition) is 1. The average Bonchev–Trinajstić information content (AvgIpc) is 3.72. The highest BCUT2D eigenvalue weighted by atomic mass is 15.1. The topological polar surface area (TPSA) is 8.17 Å². The smallest absolute Gasteiger partial charge is 0.0542 e. The molecule has 0 radical (unpaired) electrons. The quantitative estimate of drug-likeness (QED) is 0.145. The minimum absolute atomic E-state index is 1.08. The van der Waals surface area contributed by atoms with Crippen molar-refractivity contribution in [2.24, 2.45) is 0 Å². The van der Waals surface area contributed by atoms with Crippen LogP contribution in [0.4, 0.5) is 17.1 Å². The highest BCUT2D eigenvalue weighted by Gasteiger charge is 2.22. The third-order valence-corrected chi connectivity index (χ3v) is 13.5. The lowest BCUT2D eigenvalue weighted by atomic mass is 9.85. The van der Waals surface area contributed by atoms with E-state index in [1.807, 2.05) is 0 Å². The predicted octanol–water partition coefficient (Wildman–Crippen LogP) is 17.9. The van der Waals surface area contributed by atoms with E-state index in [1.54, 1.807) is 0 Å². The molecule has 13 aromatic rings. The molecule has 2 nitrogen and oxygen atoms in total. The average molecular weight is 839 g/mol. The Morgan fingerprint density at radius 3 is 1.52 bits per heavy atom. The number of hydrogen-bond donors (Lipinski definition) is 0. The van der Waals surface area contributed by atoms with E-state index in [1.165, 1.54) is 104 Å². The van der Waals surface area contributed by atoms with Gasteiger partial charge in [-0.2, -0.15) is 0 Å². The number of benzene rings is 12. The van der Waals surface area contributed by atoms with E-state index >= 15 is 0 Å². The molecule has 0 atom stereocenters. The van der Waals surface area contributed by atoms with Crippen molar-refractivity contribution < 1.29 is 0 Å². The summed E-state index contributed by atoms with van der Waals surface area (Å²) in [5.41, 5.74) is 14.1. The monoisotopic (exact) mass is 838 g/mol. The second-order valence-electron chi connectivity index (χ2n) is 17.3. The summed E-state index contributed by atoms with van der Waals surface area (Å²) in [6, 6.07) is 93.4. The van der Waals surface area contributed by atoms with Crippen LogP contribution >= 0.6 is 0 Å². The zero-order valence-corrected chi connectivity index (χ0v) is 36.1. The molecule has 1 heterocycles. The molecule has 0 saturated heterocycles. The van der Waals surface area contributed by atoms with Crippen LogP contribution in [0, 0.1) is 0 Å². The molecular formula is C64H42N2. The predicted molar refractivity (Wildman–Crippen MR) is 282 cm³/mol. The highest BCUT2D eigenvalue weighted by molar-refractivity contribution is 6.22. The van der Waals surface area contributed by atoms with E-state index in [0.29, 0.717) is 0 Å². The number of aromatic nitrogens is 1. The van der Waals surface area contributed by atoms with Gasteiger partial charge in [0.15, 0.2) is 0 Å². The number of anilines is 3. The lowest BCUT2D eigenvalue weighted by Crippen LogP contribution is -2.10. The first kappa shape index (κ1) is 37.8. The fourth-order valence-electron chi connectivity index (χ4n) is 10.5. The fraction of sp³-hybridized carbons (Fsp3) is 0. The Morgan fingerprint density at radius 1 is 0.242 bits per heavy atom. The molecule has 0 aliphatic heterocycles. The number of rotatable bonds is 7. The van der Waals surface area contributed by atoms with E-state index in [9.17, 15) is 0 Å². The number of fused-ring (bicyclic) bond motifs is 8. The van der Waals surface area contributed by atoms with E-state index in [-0.39, 0.29) is 0 Å². The minimum atomic E-state index is 1.08. The third-order valence-electron chi connectivity index (χ3n) is 13.5. The van der Waals surface area contributed by atoms with Gasteiger partial charge >= 0.3 is 0 Å². The first-order chi connectivity index (χ1) is 32.7. The Labute approximate surface area is 383 Å². The Hall–Kier alpha value is -8.72. The molecule has 0 unspecified atom stereocenters. The van der Waals surface area contributed by atoms with Crippen LogP contribution in [-0.2, 0) is 0 Å². The SMILES string of the molecule is c1ccc(-c2c(-c3ccccc3)c3cc(N(c4ccc(-c5ccc6ccccc6c5)cc4)c4ccc5c(c4)c4ccccc4n5-c4cccc5ccccc45)ccc3c3ccccc23)cc1. The van der Waals surface area contributed by atoms with Crippen LogP contribution in [0.5, 0.6) is 0 Å². The Bertz CT molecular complexity index is 3970. The molecule has 0 bridgehead atoms. The molecule has 0 amide bonds. The van der Waals surface area contributed by atoms with E-state index < -0.39 is 0 Å². The van der Waals surface area contributed by atoms with Gasteiger partial charge in [-0.05, 0) is 132 Å². The molecule has 13 rings (SSSR count). The summed E-state index contributed by atoms with van der Waals surface area (Å²) in [5.74, 6) is 0. The van der Waals surface area contributed by atoms with Gasteiger partial charge in [0.05, 0.1) is 16.7 Å². The summed E-state index contributed by atoms with van der Waals surface area (Å²) in [6.45, 7) is 0. The zero-order chi connectivity index (χ0) is 43.6. The van der Waals surface area contributed by atoms with Crippen molar-refractivity contribution in [3.05, 3.63) is 255 Å². The van der Waals surface area contributed by atoms with Crippen molar-refractivity contribution in [1.82, 2.24) is 4.57 Å². The van der Waals surface area contributed by atoms with Gasteiger partial charge < -0.3 is 9.47 Å². The van der Waals surface area contributed by atoms with Crippen molar-refractivity contribution in [1.29, 1.82) is 0 Å².